The SMILES string of the molecule is CCCCCCCCCCCCCCCC(=O)OC(C[C]=O)CCCCCCCCCCCC. The Labute approximate surface area is 213 Å². The predicted molar refractivity (Wildman–Crippen MR) is 147 cm³/mol. The number of hydrogen-bond donors (Lipinski definition) is 0. The van der Waals surface area contributed by atoms with Gasteiger partial charge in [-0.1, -0.05) is 149 Å². The van der Waals surface area contributed by atoms with E-state index >= 15 is 0 Å². The molecule has 0 spiro atoms. The van der Waals surface area contributed by atoms with Crippen molar-refractivity contribution >= 4 is 12.3 Å². The molecule has 0 fully saturated rings. The topological polar surface area (TPSA) is 43.4 Å². The van der Waals surface area contributed by atoms with Crippen molar-refractivity contribution in [2.45, 2.75) is 187 Å². The monoisotopic (exact) mass is 479 g/mol. The minimum atomic E-state index is -0.263. The first kappa shape index (κ1) is 33.1. The quantitative estimate of drug-likeness (QED) is 0.0827. The first-order valence-corrected chi connectivity index (χ1v) is 15.3. The van der Waals surface area contributed by atoms with Crippen molar-refractivity contribution in [1.29, 1.82) is 0 Å². The highest BCUT2D eigenvalue weighted by atomic mass is 16.5. The molecule has 201 valence electrons. The molecule has 0 rings (SSSR count). The summed E-state index contributed by atoms with van der Waals surface area (Å²) in [5.41, 5.74) is 0. The van der Waals surface area contributed by atoms with Crippen LogP contribution in [0.15, 0.2) is 0 Å². The van der Waals surface area contributed by atoms with E-state index in [-0.39, 0.29) is 18.5 Å². The molecule has 1 unspecified atom stereocenters. The molecule has 0 amide bonds. The molecule has 0 saturated carbocycles. The molecule has 0 aliphatic heterocycles. The summed E-state index contributed by atoms with van der Waals surface area (Å²) in [6.07, 6.45) is 33.0. The van der Waals surface area contributed by atoms with Gasteiger partial charge in [0.05, 0.1) is 6.42 Å². The molecule has 0 N–H and O–H groups in total. The number of carbonyl (C=O) groups excluding carboxylic acids is 2. The lowest BCUT2D eigenvalue weighted by molar-refractivity contribution is -0.149. The Hall–Kier alpha value is -0.860. The fourth-order valence-electron chi connectivity index (χ4n) is 4.69. The third-order valence-corrected chi connectivity index (χ3v) is 6.97. The van der Waals surface area contributed by atoms with Gasteiger partial charge in [-0.2, -0.15) is 0 Å². The zero-order valence-corrected chi connectivity index (χ0v) is 23.2. The summed E-state index contributed by atoms with van der Waals surface area (Å²) in [4.78, 5) is 23.0. The zero-order chi connectivity index (χ0) is 25.0. The maximum Gasteiger partial charge on any atom is 0.306 e. The minimum Gasteiger partial charge on any atom is -0.462 e. The van der Waals surface area contributed by atoms with Crippen LogP contribution in [0, 0.1) is 0 Å². The van der Waals surface area contributed by atoms with E-state index in [1.807, 2.05) is 6.29 Å². The van der Waals surface area contributed by atoms with E-state index in [4.69, 9.17) is 4.74 Å². The molecule has 0 bridgehead atoms. The van der Waals surface area contributed by atoms with Gasteiger partial charge in [-0.15, -0.1) is 0 Å². The van der Waals surface area contributed by atoms with Crippen molar-refractivity contribution in [1.82, 2.24) is 0 Å². The van der Waals surface area contributed by atoms with Gasteiger partial charge in [-0.05, 0) is 19.3 Å². The Morgan fingerprint density at radius 2 is 0.912 bits per heavy atom. The standard InChI is InChI=1S/C31H59O3/c1-3-5-7-9-11-13-15-16-17-19-21-23-25-27-31(33)34-30(28-29-32)26-24-22-20-18-14-12-10-8-6-4-2/h30H,3-28H2,1-2H3. The van der Waals surface area contributed by atoms with Gasteiger partial charge in [-0.25, -0.2) is 0 Å². The Morgan fingerprint density at radius 1 is 0.559 bits per heavy atom. The number of rotatable bonds is 28. The van der Waals surface area contributed by atoms with E-state index in [0.717, 1.165) is 25.7 Å². The summed E-state index contributed by atoms with van der Waals surface area (Å²) in [6, 6.07) is 0. The fraction of sp³-hybridized carbons (Fsp3) is 0.935. The lowest BCUT2D eigenvalue weighted by Crippen LogP contribution is -2.18. The molecule has 0 aromatic heterocycles. The molecule has 0 aromatic rings. The maximum atomic E-state index is 12.2. The Kier molecular flexibility index (Phi) is 27.7. The van der Waals surface area contributed by atoms with Gasteiger partial charge in [0.2, 0.25) is 6.29 Å². The molecule has 34 heavy (non-hydrogen) atoms. The lowest BCUT2D eigenvalue weighted by atomic mass is 10.0. The van der Waals surface area contributed by atoms with Gasteiger partial charge >= 0.3 is 5.97 Å². The van der Waals surface area contributed by atoms with Crippen LogP contribution < -0.4 is 0 Å². The fourth-order valence-corrected chi connectivity index (χ4v) is 4.69. The van der Waals surface area contributed by atoms with E-state index in [1.54, 1.807) is 0 Å². The first-order valence-electron chi connectivity index (χ1n) is 15.3. The predicted octanol–water partition coefficient (Wildman–Crippen LogP) is 10.2. The van der Waals surface area contributed by atoms with Gasteiger partial charge in [0.15, 0.2) is 0 Å². The second-order valence-corrected chi connectivity index (χ2v) is 10.4. The van der Waals surface area contributed by atoms with Crippen molar-refractivity contribution in [2.24, 2.45) is 0 Å². The van der Waals surface area contributed by atoms with Gasteiger partial charge in [0.1, 0.15) is 6.10 Å². The smallest absolute Gasteiger partial charge is 0.306 e. The van der Waals surface area contributed by atoms with E-state index in [9.17, 15) is 9.59 Å². The van der Waals surface area contributed by atoms with Crippen LogP contribution in [0.2, 0.25) is 0 Å². The van der Waals surface area contributed by atoms with Gasteiger partial charge in [0, 0.05) is 6.42 Å². The van der Waals surface area contributed by atoms with Crippen molar-refractivity contribution in [3.63, 3.8) is 0 Å². The Morgan fingerprint density at radius 3 is 1.29 bits per heavy atom. The van der Waals surface area contributed by atoms with Crippen LogP contribution in [-0.2, 0) is 14.3 Å². The van der Waals surface area contributed by atoms with E-state index in [0.29, 0.717) is 6.42 Å². The zero-order valence-electron chi connectivity index (χ0n) is 23.2. The van der Waals surface area contributed by atoms with Crippen LogP contribution in [0.5, 0.6) is 0 Å². The summed E-state index contributed by atoms with van der Waals surface area (Å²) in [7, 11) is 0. The summed E-state index contributed by atoms with van der Waals surface area (Å²) >= 11 is 0. The van der Waals surface area contributed by atoms with Crippen molar-refractivity contribution in [3.8, 4) is 0 Å². The van der Waals surface area contributed by atoms with Crippen LogP contribution in [0.1, 0.15) is 181 Å². The highest BCUT2D eigenvalue weighted by Gasteiger charge is 2.14. The molecule has 3 heteroatoms. The number of hydrogen-bond acceptors (Lipinski definition) is 3. The summed E-state index contributed by atoms with van der Waals surface area (Å²) in [5, 5.41) is 0. The number of carbonyl (C=O) groups is 1. The van der Waals surface area contributed by atoms with Crippen LogP contribution in [0.25, 0.3) is 0 Å². The molecule has 1 atom stereocenters. The second-order valence-electron chi connectivity index (χ2n) is 10.4. The van der Waals surface area contributed by atoms with Crippen LogP contribution in [0.4, 0.5) is 0 Å². The average Bonchev–Trinajstić information content (AvgIpc) is 2.83. The third kappa shape index (κ3) is 25.8. The third-order valence-electron chi connectivity index (χ3n) is 6.97. The molecule has 0 aromatic carbocycles. The maximum absolute atomic E-state index is 12.2. The molecular formula is C31H59O3. The Balaban J connectivity index is 3.54. The van der Waals surface area contributed by atoms with Crippen molar-refractivity contribution in [3.05, 3.63) is 0 Å². The molecule has 0 aliphatic carbocycles. The second kappa shape index (κ2) is 28.4. The molecule has 0 aliphatic rings. The summed E-state index contributed by atoms with van der Waals surface area (Å²) in [5.74, 6) is -0.129. The highest BCUT2D eigenvalue weighted by molar-refractivity contribution is 5.69. The van der Waals surface area contributed by atoms with Crippen LogP contribution in [0.3, 0.4) is 0 Å². The van der Waals surface area contributed by atoms with E-state index in [2.05, 4.69) is 13.8 Å². The molecule has 1 radical (unpaired) electrons. The van der Waals surface area contributed by atoms with Gasteiger partial charge in [-0.3, -0.25) is 9.59 Å². The Bertz CT molecular complexity index is 421. The van der Waals surface area contributed by atoms with Crippen molar-refractivity contribution < 1.29 is 14.3 Å². The van der Waals surface area contributed by atoms with Crippen LogP contribution >= 0.6 is 0 Å². The van der Waals surface area contributed by atoms with Crippen LogP contribution in [-0.4, -0.2) is 18.4 Å². The number of ether oxygens (including phenoxy) is 1. The van der Waals surface area contributed by atoms with E-state index in [1.165, 1.54) is 128 Å². The van der Waals surface area contributed by atoms with Crippen molar-refractivity contribution in [2.75, 3.05) is 0 Å². The van der Waals surface area contributed by atoms with Gasteiger partial charge in [0.25, 0.3) is 0 Å². The largest absolute Gasteiger partial charge is 0.462 e. The average molecular weight is 480 g/mol. The number of esters is 1. The normalized spacial score (nSPS) is 12.1. The summed E-state index contributed by atoms with van der Waals surface area (Å²) in [6.45, 7) is 4.53. The first-order chi connectivity index (χ1) is 16.7. The molecular weight excluding hydrogens is 420 g/mol. The van der Waals surface area contributed by atoms with Gasteiger partial charge < -0.3 is 4.74 Å². The minimum absolute atomic E-state index is 0.129. The molecule has 0 heterocycles. The highest BCUT2D eigenvalue weighted by Crippen LogP contribution is 2.16. The van der Waals surface area contributed by atoms with E-state index < -0.39 is 0 Å². The lowest BCUT2D eigenvalue weighted by Gasteiger charge is -2.15. The number of unbranched alkanes of at least 4 members (excludes halogenated alkanes) is 21. The summed E-state index contributed by atoms with van der Waals surface area (Å²) < 4.78 is 5.58. The molecule has 3 nitrogen and oxygen atoms in total. The molecule has 0 saturated heterocycles.